The lowest BCUT2D eigenvalue weighted by Gasteiger charge is -2.13. The van der Waals surface area contributed by atoms with Gasteiger partial charge >= 0.3 is 5.97 Å². The number of carbonyl (C=O) groups is 2. The lowest BCUT2D eigenvalue weighted by atomic mass is 10.1. The Morgan fingerprint density at radius 2 is 1.47 bits per heavy atom. The Morgan fingerprint density at radius 3 is 2.10 bits per heavy atom. The van der Waals surface area contributed by atoms with Crippen molar-refractivity contribution in [1.29, 1.82) is 0 Å². The van der Waals surface area contributed by atoms with Crippen LogP contribution in [0.5, 0.6) is 0 Å². The molecule has 30 heavy (non-hydrogen) atoms. The number of nitrogens with one attached hydrogen (secondary N) is 1. The fraction of sp³-hybridized carbons (Fsp3) is 0.0909. The molecule has 3 rings (SSSR count). The Bertz CT molecular complexity index is 1160. The van der Waals surface area contributed by atoms with Crippen molar-refractivity contribution in [2.75, 3.05) is 4.72 Å². The predicted molar refractivity (Wildman–Crippen MR) is 109 cm³/mol. The number of carbonyl (C=O) groups excluding carboxylic acids is 2. The van der Waals surface area contributed by atoms with Gasteiger partial charge in [0.1, 0.15) is 5.82 Å². The SMILES string of the molecule is CC(OC(=O)c1ccc(S(=O)(=O)Nc2ccccc2F)cc1)C(=O)c1ccccc1. The van der Waals surface area contributed by atoms with Crippen LogP contribution in [0.4, 0.5) is 10.1 Å². The smallest absolute Gasteiger partial charge is 0.338 e. The second-order valence-corrected chi connectivity index (χ2v) is 8.07. The largest absolute Gasteiger partial charge is 0.451 e. The number of anilines is 1. The van der Waals surface area contributed by atoms with Gasteiger partial charge in [0.15, 0.2) is 6.10 Å². The van der Waals surface area contributed by atoms with Gasteiger partial charge in [0.05, 0.1) is 16.1 Å². The summed E-state index contributed by atoms with van der Waals surface area (Å²) >= 11 is 0. The van der Waals surface area contributed by atoms with Crippen molar-refractivity contribution in [2.24, 2.45) is 0 Å². The van der Waals surface area contributed by atoms with E-state index in [1.807, 2.05) is 0 Å². The number of Topliss-reactive ketones (excluding diaryl/α,β-unsaturated/α-hetero) is 1. The molecule has 0 bridgehead atoms. The molecule has 0 saturated heterocycles. The number of hydrogen-bond donors (Lipinski definition) is 1. The van der Waals surface area contributed by atoms with Crippen molar-refractivity contribution in [2.45, 2.75) is 17.9 Å². The molecule has 0 amide bonds. The Morgan fingerprint density at radius 1 is 0.867 bits per heavy atom. The molecule has 8 heteroatoms. The first kappa shape index (κ1) is 21.2. The minimum Gasteiger partial charge on any atom is -0.451 e. The molecule has 1 N–H and O–H groups in total. The van der Waals surface area contributed by atoms with E-state index < -0.39 is 27.9 Å². The topological polar surface area (TPSA) is 89.5 Å². The molecule has 0 heterocycles. The zero-order valence-electron chi connectivity index (χ0n) is 15.9. The Hall–Kier alpha value is -3.52. The van der Waals surface area contributed by atoms with Gasteiger partial charge < -0.3 is 4.74 Å². The third-order valence-electron chi connectivity index (χ3n) is 4.23. The minimum atomic E-state index is -4.05. The molecule has 6 nitrogen and oxygen atoms in total. The first-order valence-corrected chi connectivity index (χ1v) is 10.4. The van der Waals surface area contributed by atoms with Crippen molar-refractivity contribution in [3.63, 3.8) is 0 Å². The van der Waals surface area contributed by atoms with E-state index >= 15 is 0 Å². The average Bonchev–Trinajstić information content (AvgIpc) is 2.75. The summed E-state index contributed by atoms with van der Waals surface area (Å²) < 4.78 is 45.9. The first-order chi connectivity index (χ1) is 14.3. The summed E-state index contributed by atoms with van der Waals surface area (Å²) in [7, 11) is -4.05. The molecule has 154 valence electrons. The van der Waals surface area contributed by atoms with Gasteiger partial charge in [0, 0.05) is 5.56 Å². The Labute approximate surface area is 173 Å². The number of esters is 1. The fourth-order valence-electron chi connectivity index (χ4n) is 2.64. The zero-order valence-corrected chi connectivity index (χ0v) is 16.7. The number of halogens is 1. The van der Waals surface area contributed by atoms with Crippen LogP contribution in [0.2, 0.25) is 0 Å². The summed E-state index contributed by atoms with van der Waals surface area (Å²) in [4.78, 5) is 24.4. The van der Waals surface area contributed by atoms with Crippen molar-refractivity contribution in [3.8, 4) is 0 Å². The van der Waals surface area contributed by atoms with E-state index in [0.29, 0.717) is 5.56 Å². The van der Waals surface area contributed by atoms with Crippen LogP contribution in [0, 0.1) is 5.82 Å². The number of hydrogen-bond acceptors (Lipinski definition) is 5. The van der Waals surface area contributed by atoms with Gasteiger partial charge in [-0.05, 0) is 43.3 Å². The second kappa shape index (κ2) is 8.87. The van der Waals surface area contributed by atoms with Crippen LogP contribution in [0.15, 0.2) is 83.8 Å². The maximum absolute atomic E-state index is 13.7. The van der Waals surface area contributed by atoms with Crippen LogP contribution in [-0.4, -0.2) is 26.3 Å². The number of para-hydroxylation sites is 1. The van der Waals surface area contributed by atoms with Gasteiger partial charge in [-0.25, -0.2) is 17.6 Å². The summed E-state index contributed by atoms with van der Waals surface area (Å²) in [5, 5.41) is 0. The van der Waals surface area contributed by atoms with Crippen molar-refractivity contribution in [1.82, 2.24) is 0 Å². The van der Waals surface area contributed by atoms with Gasteiger partial charge in [0.25, 0.3) is 10.0 Å². The van der Waals surface area contributed by atoms with Crippen LogP contribution >= 0.6 is 0 Å². The monoisotopic (exact) mass is 427 g/mol. The third-order valence-corrected chi connectivity index (χ3v) is 5.61. The standard InChI is InChI=1S/C22H18FNO5S/c1-15(21(25)16-7-3-2-4-8-16)29-22(26)17-11-13-18(14-12-17)30(27,28)24-20-10-6-5-9-19(20)23/h2-15,24H,1H3. The van der Waals surface area contributed by atoms with Crippen LogP contribution in [0.25, 0.3) is 0 Å². The fourth-order valence-corrected chi connectivity index (χ4v) is 3.70. The molecular weight excluding hydrogens is 409 g/mol. The molecule has 0 aliphatic rings. The molecule has 0 saturated carbocycles. The molecule has 0 aromatic heterocycles. The maximum Gasteiger partial charge on any atom is 0.338 e. The summed E-state index contributed by atoms with van der Waals surface area (Å²) in [6.45, 7) is 1.46. The van der Waals surface area contributed by atoms with E-state index in [0.717, 1.165) is 6.07 Å². The molecule has 1 unspecified atom stereocenters. The van der Waals surface area contributed by atoms with Crippen LogP contribution in [0.3, 0.4) is 0 Å². The minimum absolute atomic E-state index is 0.0764. The number of benzene rings is 3. The second-order valence-electron chi connectivity index (χ2n) is 6.39. The van der Waals surface area contributed by atoms with E-state index in [1.165, 1.54) is 49.4 Å². The molecule has 0 fully saturated rings. The molecule has 3 aromatic carbocycles. The summed E-state index contributed by atoms with van der Waals surface area (Å²) in [6, 6.07) is 18.7. The van der Waals surface area contributed by atoms with E-state index in [-0.39, 0.29) is 21.9 Å². The highest BCUT2D eigenvalue weighted by atomic mass is 32.2. The van der Waals surface area contributed by atoms with Gasteiger partial charge in [0.2, 0.25) is 5.78 Å². The number of rotatable bonds is 7. The summed E-state index contributed by atoms with van der Waals surface area (Å²) in [5.74, 6) is -1.83. The molecule has 0 aliphatic heterocycles. The maximum atomic E-state index is 13.7. The van der Waals surface area contributed by atoms with Crippen molar-refractivity contribution >= 4 is 27.5 Å². The predicted octanol–water partition coefficient (Wildman–Crippen LogP) is 4.05. The zero-order chi connectivity index (χ0) is 21.7. The van der Waals surface area contributed by atoms with E-state index in [1.54, 1.807) is 30.3 Å². The Kier molecular flexibility index (Phi) is 6.27. The molecule has 1 atom stereocenters. The molecule has 3 aromatic rings. The highest BCUT2D eigenvalue weighted by Crippen LogP contribution is 2.19. The lowest BCUT2D eigenvalue weighted by molar-refractivity contribution is 0.0318. The highest BCUT2D eigenvalue weighted by Gasteiger charge is 2.21. The quantitative estimate of drug-likeness (QED) is 0.454. The number of ketones is 1. The van der Waals surface area contributed by atoms with Crippen molar-refractivity contribution < 1.29 is 27.1 Å². The molecular formula is C22H18FNO5S. The van der Waals surface area contributed by atoms with Crippen molar-refractivity contribution in [3.05, 3.63) is 95.8 Å². The van der Waals surface area contributed by atoms with Gasteiger partial charge in [-0.15, -0.1) is 0 Å². The lowest BCUT2D eigenvalue weighted by Crippen LogP contribution is -2.24. The number of ether oxygens (including phenoxy) is 1. The Balaban J connectivity index is 1.69. The molecule has 0 spiro atoms. The van der Waals surface area contributed by atoms with Crippen LogP contribution in [-0.2, 0) is 14.8 Å². The van der Waals surface area contributed by atoms with E-state index in [4.69, 9.17) is 4.74 Å². The third kappa shape index (κ3) is 4.90. The van der Waals surface area contributed by atoms with Gasteiger partial charge in [-0.3, -0.25) is 9.52 Å². The normalized spacial score (nSPS) is 12.1. The van der Waals surface area contributed by atoms with Gasteiger partial charge in [-0.1, -0.05) is 42.5 Å². The molecule has 0 aliphatic carbocycles. The first-order valence-electron chi connectivity index (χ1n) is 8.95. The molecule has 0 radical (unpaired) electrons. The number of sulfonamides is 1. The summed E-state index contributed by atoms with van der Waals surface area (Å²) in [6.07, 6.45) is -1.01. The summed E-state index contributed by atoms with van der Waals surface area (Å²) in [5.41, 5.74) is 0.306. The van der Waals surface area contributed by atoms with E-state index in [2.05, 4.69) is 4.72 Å². The van der Waals surface area contributed by atoms with E-state index in [9.17, 15) is 22.4 Å². The van der Waals surface area contributed by atoms with Crippen LogP contribution < -0.4 is 4.72 Å². The highest BCUT2D eigenvalue weighted by molar-refractivity contribution is 7.92. The average molecular weight is 427 g/mol. The van der Waals surface area contributed by atoms with Crippen LogP contribution in [0.1, 0.15) is 27.6 Å². The van der Waals surface area contributed by atoms with Gasteiger partial charge in [-0.2, -0.15) is 0 Å².